The van der Waals surface area contributed by atoms with Crippen molar-refractivity contribution in [1.29, 1.82) is 0 Å². The summed E-state index contributed by atoms with van der Waals surface area (Å²) >= 11 is 0. The van der Waals surface area contributed by atoms with Crippen LogP contribution in [0.5, 0.6) is 0 Å². The summed E-state index contributed by atoms with van der Waals surface area (Å²) in [4.78, 5) is 0. The van der Waals surface area contributed by atoms with Crippen LogP contribution in [0.1, 0.15) is 25.8 Å². The number of fused-ring (bicyclic) bond motifs is 5. The summed E-state index contributed by atoms with van der Waals surface area (Å²) < 4.78 is 2.41. The van der Waals surface area contributed by atoms with E-state index >= 15 is 0 Å². The number of aryl methyl sites for hydroxylation is 2. The van der Waals surface area contributed by atoms with Crippen molar-refractivity contribution in [2.75, 3.05) is 19.8 Å². The van der Waals surface area contributed by atoms with Gasteiger partial charge >= 0.3 is 0 Å². The summed E-state index contributed by atoms with van der Waals surface area (Å²) in [7, 11) is 0. The molecule has 3 N–H and O–H groups in total. The molecule has 152 valence electrons. The molecule has 0 aliphatic rings. The molecule has 4 heteroatoms. The molecule has 0 bridgehead atoms. The largest absolute Gasteiger partial charge is 0.394 e. The molecule has 0 radical (unpaired) electrons. The standard InChI is InChI=1S/C25H30N2O2/c1-3-27-21-12-6-9-19(10-7-15-26-25(2,16-28)17-29)23(21)24-20-11-5-4-8-18(20)13-14-22(24)27/h4-6,8-9,11-14,26,28-29H,3,7,10,15-17H2,1-2H3. The topological polar surface area (TPSA) is 57.4 Å². The van der Waals surface area contributed by atoms with Gasteiger partial charge in [0.05, 0.1) is 18.8 Å². The van der Waals surface area contributed by atoms with E-state index in [1.165, 1.54) is 38.1 Å². The number of hydrogen-bond acceptors (Lipinski definition) is 3. The maximum Gasteiger partial charge on any atom is 0.0633 e. The minimum Gasteiger partial charge on any atom is -0.394 e. The van der Waals surface area contributed by atoms with Gasteiger partial charge in [-0.2, -0.15) is 0 Å². The van der Waals surface area contributed by atoms with E-state index in [-0.39, 0.29) is 13.2 Å². The molecule has 0 saturated carbocycles. The monoisotopic (exact) mass is 390 g/mol. The van der Waals surface area contributed by atoms with Gasteiger partial charge in [-0.15, -0.1) is 0 Å². The van der Waals surface area contributed by atoms with Crippen LogP contribution in [-0.4, -0.2) is 40.1 Å². The Balaban J connectivity index is 1.76. The smallest absolute Gasteiger partial charge is 0.0633 e. The van der Waals surface area contributed by atoms with Gasteiger partial charge in [0, 0.05) is 28.4 Å². The third-order valence-corrected chi connectivity index (χ3v) is 6.06. The van der Waals surface area contributed by atoms with Crippen molar-refractivity contribution in [3.05, 3.63) is 60.2 Å². The van der Waals surface area contributed by atoms with Crippen LogP contribution in [0.4, 0.5) is 0 Å². The average molecular weight is 391 g/mol. The molecule has 0 amide bonds. The predicted octanol–water partition coefficient (Wildman–Crippen LogP) is 4.23. The Morgan fingerprint density at radius 2 is 1.66 bits per heavy atom. The van der Waals surface area contributed by atoms with Crippen molar-refractivity contribution in [1.82, 2.24) is 9.88 Å². The lowest BCUT2D eigenvalue weighted by molar-refractivity contribution is 0.104. The third kappa shape index (κ3) is 3.52. The number of aliphatic hydroxyl groups excluding tert-OH is 2. The van der Waals surface area contributed by atoms with Crippen molar-refractivity contribution in [2.24, 2.45) is 0 Å². The minimum absolute atomic E-state index is 0.0743. The van der Waals surface area contributed by atoms with Crippen LogP contribution >= 0.6 is 0 Å². The van der Waals surface area contributed by atoms with E-state index in [0.717, 1.165) is 25.9 Å². The Hall–Kier alpha value is -2.40. The van der Waals surface area contributed by atoms with E-state index in [4.69, 9.17) is 0 Å². The Bertz CT molecular complexity index is 1140. The molecule has 0 atom stereocenters. The van der Waals surface area contributed by atoms with Crippen molar-refractivity contribution in [2.45, 2.75) is 38.8 Å². The van der Waals surface area contributed by atoms with Gasteiger partial charge in [0.15, 0.2) is 0 Å². The second kappa shape index (κ2) is 8.15. The first-order valence-electron chi connectivity index (χ1n) is 10.5. The van der Waals surface area contributed by atoms with Crippen LogP contribution in [0, 0.1) is 0 Å². The number of aliphatic hydroxyl groups is 2. The zero-order valence-corrected chi connectivity index (χ0v) is 17.3. The molecule has 1 aromatic heterocycles. The fourth-order valence-corrected chi connectivity index (χ4v) is 4.36. The second-order valence-electron chi connectivity index (χ2n) is 8.14. The van der Waals surface area contributed by atoms with Gasteiger partial charge in [0.1, 0.15) is 0 Å². The van der Waals surface area contributed by atoms with E-state index in [2.05, 4.69) is 71.4 Å². The zero-order chi connectivity index (χ0) is 20.4. The Kier molecular flexibility index (Phi) is 5.59. The van der Waals surface area contributed by atoms with E-state index in [9.17, 15) is 10.2 Å². The average Bonchev–Trinajstić information content (AvgIpc) is 3.11. The number of benzene rings is 3. The molecule has 4 nitrogen and oxygen atoms in total. The molecule has 0 saturated heterocycles. The highest BCUT2D eigenvalue weighted by atomic mass is 16.3. The number of hydrogen-bond donors (Lipinski definition) is 3. The maximum atomic E-state index is 9.47. The van der Waals surface area contributed by atoms with Crippen molar-refractivity contribution in [3.63, 3.8) is 0 Å². The number of rotatable bonds is 8. The van der Waals surface area contributed by atoms with E-state index < -0.39 is 5.54 Å². The van der Waals surface area contributed by atoms with Gasteiger partial charge in [-0.1, -0.05) is 42.5 Å². The summed E-state index contributed by atoms with van der Waals surface area (Å²) in [5.41, 5.74) is 3.31. The van der Waals surface area contributed by atoms with Gasteiger partial charge in [-0.05, 0) is 61.7 Å². The van der Waals surface area contributed by atoms with Crippen LogP contribution < -0.4 is 5.32 Å². The molecule has 0 fully saturated rings. The molecule has 3 aromatic carbocycles. The SMILES string of the molecule is CCn1c2cccc(CCCNC(C)(CO)CO)c2c2c3ccccc3ccc21. The number of aromatic nitrogens is 1. The normalized spacial score (nSPS) is 12.4. The minimum atomic E-state index is -0.625. The summed E-state index contributed by atoms with van der Waals surface area (Å²) in [6.45, 7) is 5.59. The van der Waals surface area contributed by atoms with Crippen LogP contribution in [0.3, 0.4) is 0 Å². The predicted molar refractivity (Wildman–Crippen MR) is 122 cm³/mol. The Morgan fingerprint density at radius 3 is 2.41 bits per heavy atom. The lowest BCUT2D eigenvalue weighted by Gasteiger charge is -2.26. The van der Waals surface area contributed by atoms with E-state index in [1.54, 1.807) is 0 Å². The molecule has 4 aromatic rings. The first-order valence-corrected chi connectivity index (χ1v) is 10.5. The van der Waals surface area contributed by atoms with Gasteiger partial charge in [-0.3, -0.25) is 0 Å². The Morgan fingerprint density at radius 1 is 0.897 bits per heavy atom. The fourth-order valence-electron chi connectivity index (χ4n) is 4.36. The summed E-state index contributed by atoms with van der Waals surface area (Å²) in [6.07, 6.45) is 1.89. The highest BCUT2D eigenvalue weighted by molar-refractivity contribution is 6.21. The first kappa shape index (κ1) is 19.9. The summed E-state index contributed by atoms with van der Waals surface area (Å²) in [5, 5.41) is 27.5. The lowest BCUT2D eigenvalue weighted by Crippen LogP contribution is -2.49. The molecule has 0 unspecified atom stereocenters. The van der Waals surface area contributed by atoms with E-state index in [0.29, 0.717) is 0 Å². The number of nitrogens with one attached hydrogen (secondary N) is 1. The van der Waals surface area contributed by atoms with Crippen LogP contribution in [0.15, 0.2) is 54.6 Å². The van der Waals surface area contributed by atoms with Crippen LogP contribution in [-0.2, 0) is 13.0 Å². The van der Waals surface area contributed by atoms with Crippen molar-refractivity contribution in [3.8, 4) is 0 Å². The Labute approximate surface area is 171 Å². The molecule has 4 rings (SSSR count). The third-order valence-electron chi connectivity index (χ3n) is 6.06. The highest BCUT2D eigenvalue weighted by Gasteiger charge is 2.21. The van der Waals surface area contributed by atoms with Gasteiger partial charge in [0.25, 0.3) is 0 Å². The number of nitrogens with zero attached hydrogens (tertiary/aromatic N) is 1. The van der Waals surface area contributed by atoms with Crippen LogP contribution in [0.25, 0.3) is 32.6 Å². The molecule has 0 aliphatic carbocycles. The second-order valence-corrected chi connectivity index (χ2v) is 8.14. The molecule has 29 heavy (non-hydrogen) atoms. The summed E-state index contributed by atoms with van der Waals surface area (Å²) in [5.74, 6) is 0. The molecule has 0 spiro atoms. The van der Waals surface area contributed by atoms with Crippen molar-refractivity contribution >= 4 is 32.6 Å². The lowest BCUT2D eigenvalue weighted by atomic mass is 9.98. The molecule has 0 aliphatic heterocycles. The quantitative estimate of drug-likeness (QED) is 0.395. The fraction of sp³-hybridized carbons (Fsp3) is 0.360. The summed E-state index contributed by atoms with van der Waals surface area (Å²) in [6, 6.07) is 19.7. The molecule has 1 heterocycles. The molecular weight excluding hydrogens is 360 g/mol. The van der Waals surface area contributed by atoms with E-state index in [1.807, 2.05) is 6.92 Å². The van der Waals surface area contributed by atoms with Gasteiger partial charge in [0.2, 0.25) is 0 Å². The highest BCUT2D eigenvalue weighted by Crippen LogP contribution is 2.37. The van der Waals surface area contributed by atoms with Crippen LogP contribution in [0.2, 0.25) is 0 Å². The van der Waals surface area contributed by atoms with Gasteiger partial charge < -0.3 is 20.1 Å². The maximum absolute atomic E-state index is 9.47. The van der Waals surface area contributed by atoms with Gasteiger partial charge in [-0.25, -0.2) is 0 Å². The van der Waals surface area contributed by atoms with Crippen molar-refractivity contribution < 1.29 is 10.2 Å². The first-order chi connectivity index (χ1) is 14.1. The zero-order valence-electron chi connectivity index (χ0n) is 17.3. The molecular formula is C25H30N2O2.